The Morgan fingerprint density at radius 2 is 2.25 bits per heavy atom. The van der Waals surface area contributed by atoms with Crippen LogP contribution in [0.25, 0.3) is 0 Å². The molecule has 0 unspecified atom stereocenters. The number of nitrogens with zero attached hydrogens (tertiary/aromatic N) is 3. The highest BCUT2D eigenvalue weighted by Gasteiger charge is 2.16. The molecule has 1 saturated heterocycles. The van der Waals surface area contributed by atoms with Crippen LogP contribution in [0.2, 0.25) is 0 Å². The van der Waals surface area contributed by atoms with Crippen LogP contribution in [-0.2, 0) is 0 Å². The van der Waals surface area contributed by atoms with E-state index in [2.05, 4.69) is 26.6 Å². The first kappa shape index (κ1) is 11.6. The maximum absolute atomic E-state index is 5.45. The number of aromatic nitrogens is 2. The fraction of sp³-hybridized carbons (Fsp3) is 0.800. The van der Waals surface area contributed by atoms with Crippen molar-refractivity contribution in [3.05, 3.63) is 0 Å². The Balaban J connectivity index is 1.64. The van der Waals surface area contributed by atoms with E-state index in [1.807, 2.05) is 0 Å². The minimum atomic E-state index is 0.367. The smallest absolute Gasteiger partial charge is 0.233 e. The van der Waals surface area contributed by atoms with Gasteiger partial charge in [0.05, 0.1) is 0 Å². The van der Waals surface area contributed by atoms with E-state index < -0.39 is 0 Å². The van der Waals surface area contributed by atoms with Gasteiger partial charge in [-0.25, -0.2) is 0 Å². The Morgan fingerprint density at radius 3 is 2.88 bits per heavy atom. The fourth-order valence-electron chi connectivity index (χ4n) is 2.04. The van der Waals surface area contributed by atoms with Crippen LogP contribution in [-0.4, -0.2) is 40.9 Å². The topological polar surface area (TPSA) is 67.1 Å². The van der Waals surface area contributed by atoms with Crippen molar-refractivity contribution >= 4 is 22.6 Å². The van der Waals surface area contributed by atoms with E-state index in [9.17, 15) is 0 Å². The highest BCUT2D eigenvalue weighted by atomic mass is 32.1. The molecule has 1 aromatic heterocycles. The molecule has 2 rings (SSSR count). The first-order valence-corrected chi connectivity index (χ1v) is 6.53. The molecule has 3 N–H and O–H groups in total. The number of hydrogen-bond donors (Lipinski definition) is 2. The number of piperidine rings is 1. The molecule has 0 radical (unpaired) electrons. The molecular weight excluding hydrogens is 222 g/mol. The van der Waals surface area contributed by atoms with Crippen LogP contribution in [0.1, 0.15) is 19.3 Å². The number of rotatable bonds is 4. The van der Waals surface area contributed by atoms with E-state index in [1.165, 1.54) is 43.9 Å². The maximum atomic E-state index is 5.45. The quantitative estimate of drug-likeness (QED) is 0.831. The highest BCUT2D eigenvalue weighted by molar-refractivity contribution is 7.09. The number of hydrogen-bond acceptors (Lipinski definition) is 6. The lowest BCUT2D eigenvalue weighted by Crippen LogP contribution is -2.30. The Kier molecular flexibility index (Phi) is 3.95. The predicted octanol–water partition coefficient (Wildman–Crippen LogP) is 1.26. The molecule has 1 fully saturated rings. The van der Waals surface area contributed by atoms with Crippen molar-refractivity contribution in [3.8, 4) is 0 Å². The zero-order chi connectivity index (χ0) is 11.4. The van der Waals surface area contributed by atoms with Gasteiger partial charge >= 0.3 is 0 Å². The summed E-state index contributed by atoms with van der Waals surface area (Å²) in [5.74, 6) is 1.22. The van der Waals surface area contributed by atoms with Gasteiger partial charge < -0.3 is 16.0 Å². The van der Waals surface area contributed by atoms with Crippen molar-refractivity contribution < 1.29 is 0 Å². The third-order valence-electron chi connectivity index (χ3n) is 3.11. The third kappa shape index (κ3) is 3.31. The molecule has 0 spiro atoms. The number of likely N-dealkylation sites (tertiary alicyclic amines) is 1. The fourth-order valence-corrected chi connectivity index (χ4v) is 2.56. The number of nitrogen functional groups attached to an aromatic ring is 1. The first-order valence-electron chi connectivity index (χ1n) is 5.75. The van der Waals surface area contributed by atoms with Gasteiger partial charge in [-0.15, -0.1) is 0 Å². The van der Waals surface area contributed by atoms with Crippen LogP contribution in [0.5, 0.6) is 0 Å². The Morgan fingerprint density at radius 1 is 1.50 bits per heavy atom. The Labute approximate surface area is 100 Å². The molecule has 6 heteroatoms. The summed E-state index contributed by atoms with van der Waals surface area (Å²) in [5.41, 5.74) is 5.45. The zero-order valence-corrected chi connectivity index (χ0v) is 10.5. The maximum Gasteiger partial charge on any atom is 0.233 e. The van der Waals surface area contributed by atoms with Crippen LogP contribution < -0.4 is 11.1 Å². The normalized spacial score (nSPS) is 18.8. The average molecular weight is 241 g/mol. The predicted molar refractivity (Wildman–Crippen MR) is 67.6 cm³/mol. The molecule has 0 aromatic carbocycles. The van der Waals surface area contributed by atoms with Gasteiger partial charge in [-0.3, -0.25) is 0 Å². The van der Waals surface area contributed by atoms with Gasteiger partial charge in [0.1, 0.15) is 0 Å². The molecule has 0 aliphatic carbocycles. The van der Waals surface area contributed by atoms with E-state index in [0.29, 0.717) is 5.95 Å². The summed E-state index contributed by atoms with van der Waals surface area (Å²) < 4.78 is 3.93. The molecule has 5 nitrogen and oxygen atoms in total. The molecule has 1 aliphatic heterocycles. The van der Waals surface area contributed by atoms with Crippen molar-refractivity contribution in [2.75, 3.05) is 37.7 Å². The third-order valence-corrected chi connectivity index (χ3v) is 3.80. The van der Waals surface area contributed by atoms with Crippen LogP contribution in [0.3, 0.4) is 0 Å². The second-order valence-corrected chi connectivity index (χ2v) is 5.17. The van der Waals surface area contributed by atoms with Gasteiger partial charge in [0, 0.05) is 18.1 Å². The highest BCUT2D eigenvalue weighted by Crippen LogP contribution is 2.20. The molecule has 0 atom stereocenters. The van der Waals surface area contributed by atoms with Gasteiger partial charge in [0.25, 0.3) is 0 Å². The summed E-state index contributed by atoms with van der Waals surface area (Å²) in [6.07, 6.45) is 3.85. The van der Waals surface area contributed by atoms with E-state index >= 15 is 0 Å². The molecular formula is C10H19N5S. The van der Waals surface area contributed by atoms with Crippen molar-refractivity contribution in [2.45, 2.75) is 19.3 Å². The monoisotopic (exact) mass is 241 g/mol. The summed E-state index contributed by atoms with van der Waals surface area (Å²) in [6, 6.07) is 0. The van der Waals surface area contributed by atoms with Crippen LogP contribution in [0.15, 0.2) is 0 Å². The van der Waals surface area contributed by atoms with E-state index in [0.717, 1.165) is 17.6 Å². The minimum absolute atomic E-state index is 0.367. The zero-order valence-electron chi connectivity index (χ0n) is 9.65. The summed E-state index contributed by atoms with van der Waals surface area (Å²) >= 11 is 1.33. The van der Waals surface area contributed by atoms with Gasteiger partial charge in [-0.05, 0) is 45.3 Å². The van der Waals surface area contributed by atoms with Crippen LogP contribution in [0.4, 0.5) is 11.1 Å². The summed E-state index contributed by atoms with van der Waals surface area (Å²) in [4.78, 5) is 6.47. The molecule has 1 aliphatic rings. The van der Waals surface area contributed by atoms with Gasteiger partial charge in [-0.1, -0.05) is 0 Å². The molecule has 1 aromatic rings. The lowest BCUT2D eigenvalue weighted by atomic mass is 9.94. The molecule has 16 heavy (non-hydrogen) atoms. The van der Waals surface area contributed by atoms with Gasteiger partial charge in [0.15, 0.2) is 0 Å². The van der Waals surface area contributed by atoms with Crippen molar-refractivity contribution in [2.24, 2.45) is 5.92 Å². The summed E-state index contributed by atoms with van der Waals surface area (Å²) in [5, 5.41) is 4.11. The molecule has 0 amide bonds. The number of nitrogens with two attached hydrogens (primary N) is 1. The molecule has 0 bridgehead atoms. The average Bonchev–Trinajstić information content (AvgIpc) is 2.67. The van der Waals surface area contributed by atoms with E-state index in [1.54, 1.807) is 0 Å². The lowest BCUT2D eigenvalue weighted by Gasteiger charge is -2.28. The SMILES string of the molecule is CN1CCC(CCNc2nc(N)ns2)CC1. The Hall–Kier alpha value is -0.880. The van der Waals surface area contributed by atoms with E-state index in [4.69, 9.17) is 5.73 Å². The number of nitrogens with one attached hydrogen (secondary N) is 1. The Bertz CT molecular complexity index is 319. The lowest BCUT2D eigenvalue weighted by molar-refractivity contribution is 0.215. The van der Waals surface area contributed by atoms with Crippen molar-refractivity contribution in [1.82, 2.24) is 14.3 Å². The minimum Gasteiger partial charge on any atom is -0.367 e. The van der Waals surface area contributed by atoms with E-state index in [-0.39, 0.29) is 0 Å². The second kappa shape index (κ2) is 5.45. The summed E-state index contributed by atoms with van der Waals surface area (Å²) in [7, 11) is 2.19. The van der Waals surface area contributed by atoms with Crippen LogP contribution in [0, 0.1) is 5.92 Å². The second-order valence-electron chi connectivity index (χ2n) is 4.42. The molecule has 90 valence electrons. The summed E-state index contributed by atoms with van der Waals surface area (Å²) in [6.45, 7) is 3.44. The van der Waals surface area contributed by atoms with Gasteiger partial charge in [-0.2, -0.15) is 9.36 Å². The van der Waals surface area contributed by atoms with Gasteiger partial charge in [0.2, 0.25) is 11.1 Å². The van der Waals surface area contributed by atoms with Crippen molar-refractivity contribution in [3.63, 3.8) is 0 Å². The standard InChI is InChI=1S/C10H19N5S/c1-15-6-3-8(4-7-15)2-5-12-10-13-9(11)14-16-10/h8H,2-7H2,1H3,(H3,11,12,13,14). The van der Waals surface area contributed by atoms with Crippen LogP contribution >= 0.6 is 11.5 Å². The molecule has 0 saturated carbocycles. The largest absolute Gasteiger partial charge is 0.367 e. The van der Waals surface area contributed by atoms with Crippen molar-refractivity contribution in [1.29, 1.82) is 0 Å². The molecule has 2 heterocycles. The first-order chi connectivity index (χ1) is 7.74. The number of anilines is 2.